The summed E-state index contributed by atoms with van der Waals surface area (Å²) < 4.78 is 28.7. The van der Waals surface area contributed by atoms with Crippen LogP contribution in [-0.2, 0) is 65.0 Å². The largest absolute Gasteiger partial charge is 0.441 e. The van der Waals surface area contributed by atoms with Gasteiger partial charge in [0.1, 0.15) is 100 Å². The molecule has 38 nitrogen and oxygen atoms in total. The smallest absolute Gasteiger partial charge is 0.404 e. The molecular weight excluding hydrogens is 1330 g/mol. The number of carbonyl (C=O) groups is 8. The normalized spacial score (nSPS) is 24.0. The number of H-pyrrole nitrogens is 1. The summed E-state index contributed by atoms with van der Waals surface area (Å²) in [7, 11) is 0.254. The molecule has 6 heterocycles. The van der Waals surface area contributed by atoms with E-state index in [0.717, 1.165) is 24.7 Å². The first kappa shape index (κ1) is 77.7. The summed E-state index contributed by atoms with van der Waals surface area (Å²) in [5, 5.41) is 108. The molecule has 0 bridgehead atoms. The summed E-state index contributed by atoms with van der Waals surface area (Å²) in [6, 6.07) is -7.85. The Labute approximate surface area is 559 Å². The maximum Gasteiger partial charge on any atom is 0.404 e. The van der Waals surface area contributed by atoms with Gasteiger partial charge in [-0.25, -0.2) is 29.7 Å². The van der Waals surface area contributed by atoms with Crippen LogP contribution in [0.15, 0.2) is 23.3 Å². The number of nitrogens with two attached hydrogens (primary N) is 5. The molecule has 2 fully saturated rings. The van der Waals surface area contributed by atoms with Crippen LogP contribution < -0.4 is 60.6 Å². The Balaban J connectivity index is 1.26. The summed E-state index contributed by atoms with van der Waals surface area (Å²) in [4.78, 5) is 131. The second-order valence-electron chi connectivity index (χ2n) is 22.8. The monoisotopic (exact) mass is 1410 g/mol. The molecule has 6 rings (SSSR count). The van der Waals surface area contributed by atoms with Crippen LogP contribution >= 0.6 is 22.7 Å². The number of thiazole rings is 2. The van der Waals surface area contributed by atoms with Crippen LogP contribution in [0.1, 0.15) is 88.8 Å². The van der Waals surface area contributed by atoms with Gasteiger partial charge in [-0.05, 0) is 31.7 Å². The number of amides is 8. The average molecular weight is 1420 g/mol. The molecule has 0 aromatic carbocycles. The Morgan fingerprint density at radius 1 is 0.781 bits per heavy atom. The van der Waals surface area contributed by atoms with Crippen LogP contribution in [0.25, 0.3) is 10.7 Å². The Bertz CT molecular complexity index is 3280. The number of hydrogen-bond acceptors (Lipinski definition) is 31. The van der Waals surface area contributed by atoms with E-state index in [1.807, 2.05) is 0 Å². The Kier molecular flexibility index (Phi) is 29.0. The minimum atomic E-state index is -2.20. The van der Waals surface area contributed by atoms with Gasteiger partial charge in [-0.3, -0.25) is 33.6 Å². The van der Waals surface area contributed by atoms with Crippen molar-refractivity contribution in [2.45, 2.75) is 157 Å². The first-order valence-electron chi connectivity index (χ1n) is 29.8. The van der Waals surface area contributed by atoms with E-state index in [-0.39, 0.29) is 64.9 Å². The van der Waals surface area contributed by atoms with Crippen LogP contribution in [0, 0.1) is 12.8 Å². The molecule has 2 saturated heterocycles. The summed E-state index contributed by atoms with van der Waals surface area (Å²) in [5.41, 5.74) is 28.1. The molecule has 2 aliphatic rings. The highest BCUT2D eigenvalue weighted by molar-refractivity contribution is 7.95. The summed E-state index contributed by atoms with van der Waals surface area (Å²) in [6.45, 7) is 3.18. The van der Waals surface area contributed by atoms with E-state index in [9.17, 15) is 74.4 Å². The van der Waals surface area contributed by atoms with Gasteiger partial charge in [-0.1, -0.05) is 6.92 Å². The van der Waals surface area contributed by atoms with Gasteiger partial charge in [0, 0.05) is 55.2 Å². The molecule has 19 atom stereocenters. The number of aliphatic hydroxyl groups excluding tert-OH is 8. The van der Waals surface area contributed by atoms with Crippen LogP contribution in [0.4, 0.5) is 10.6 Å². The average Bonchev–Trinajstić information content (AvgIpc) is 0.885. The predicted octanol–water partition coefficient (Wildman–Crippen LogP) is -7.70. The van der Waals surface area contributed by atoms with Gasteiger partial charge in [0.05, 0.1) is 85.2 Å². The van der Waals surface area contributed by atoms with Gasteiger partial charge in [0.2, 0.25) is 29.5 Å². The highest BCUT2D eigenvalue weighted by atomic mass is 32.2. The van der Waals surface area contributed by atoms with Gasteiger partial charge >= 0.3 is 6.09 Å². The number of anilines is 1. The van der Waals surface area contributed by atoms with E-state index in [1.54, 1.807) is 10.8 Å². The predicted molar refractivity (Wildman–Crippen MR) is 339 cm³/mol. The van der Waals surface area contributed by atoms with E-state index in [2.05, 4.69) is 74.3 Å². The fourth-order valence-corrected chi connectivity index (χ4v) is 12.1. The number of imidazole rings is 1. The van der Waals surface area contributed by atoms with E-state index in [4.69, 9.17) is 52.4 Å². The maximum atomic E-state index is 15.2. The van der Waals surface area contributed by atoms with Crippen molar-refractivity contribution in [2.75, 3.05) is 56.8 Å². The van der Waals surface area contributed by atoms with Crippen molar-refractivity contribution in [1.82, 2.24) is 61.8 Å². The van der Waals surface area contributed by atoms with Gasteiger partial charge < -0.3 is 130 Å². The zero-order chi connectivity index (χ0) is 71.0. The van der Waals surface area contributed by atoms with Crippen LogP contribution in [0.2, 0.25) is 0 Å². The number of carbonyl (C=O) groups excluding carboxylic acids is 8. The number of aliphatic hydroxyl groups is 8. The third-order valence-electron chi connectivity index (χ3n) is 15.3. The molecule has 4 aromatic rings. The van der Waals surface area contributed by atoms with E-state index in [0.29, 0.717) is 22.3 Å². The van der Waals surface area contributed by atoms with Crippen molar-refractivity contribution in [3.63, 3.8) is 0 Å². The van der Waals surface area contributed by atoms with Crippen LogP contribution in [0.5, 0.6) is 0 Å². The van der Waals surface area contributed by atoms with Crippen molar-refractivity contribution in [1.29, 1.82) is 0 Å². The quantitative estimate of drug-likeness (QED) is 0.0150. The molecule has 25 N–H and O–H groups in total. The number of aromatic nitrogens is 6. The first-order valence-corrected chi connectivity index (χ1v) is 33.8. The number of ether oxygens (including phenoxy) is 5. The second kappa shape index (κ2) is 35.8. The number of nitrogens with zero attached hydrogens (tertiary/aromatic N) is 5. The summed E-state index contributed by atoms with van der Waals surface area (Å²) in [6.07, 6.45) is -20.0. The van der Waals surface area contributed by atoms with Crippen LogP contribution in [-0.4, -0.2) is 267 Å². The fraction of sp³-hybridized carbons (Fsp3) is 0.618. The highest BCUT2D eigenvalue weighted by Gasteiger charge is 2.54. The first-order chi connectivity index (χ1) is 45.3. The molecule has 0 saturated carbocycles. The molecule has 0 spiro atoms. The van der Waals surface area contributed by atoms with Crippen LogP contribution in [0.3, 0.4) is 0 Å². The number of nitrogen functional groups attached to an aromatic ring is 1. The van der Waals surface area contributed by atoms with Gasteiger partial charge in [-0.15, -0.1) is 22.7 Å². The summed E-state index contributed by atoms with van der Waals surface area (Å²) in [5.74, 6) is -7.69. The number of primary amides is 3. The third-order valence-corrected chi connectivity index (χ3v) is 18.2. The van der Waals surface area contributed by atoms with Crippen molar-refractivity contribution in [2.24, 2.45) is 28.9 Å². The van der Waals surface area contributed by atoms with E-state index < -0.39 is 183 Å². The summed E-state index contributed by atoms with van der Waals surface area (Å²) >= 11 is 2.52. The number of rotatable bonds is 35. The molecular formula is C55H84N17O21S3+. The number of hydrogen-bond donors (Lipinski definition) is 20. The van der Waals surface area contributed by atoms with E-state index >= 15 is 4.79 Å². The molecule has 96 heavy (non-hydrogen) atoms. The van der Waals surface area contributed by atoms with Gasteiger partial charge in [0.25, 0.3) is 11.8 Å². The minimum Gasteiger partial charge on any atom is -0.441 e. The lowest BCUT2D eigenvalue weighted by Gasteiger charge is -2.47. The molecule has 12 unspecified atom stereocenters. The maximum absolute atomic E-state index is 15.2. The molecule has 41 heteroatoms. The Morgan fingerprint density at radius 3 is 2.09 bits per heavy atom. The fourth-order valence-electron chi connectivity index (χ4n) is 9.80. The number of aromatic amines is 1. The van der Waals surface area contributed by atoms with Crippen molar-refractivity contribution < 1.29 is 103 Å². The topological polar surface area (TPSA) is 627 Å². The molecule has 0 aliphatic carbocycles. The van der Waals surface area contributed by atoms with E-state index in [1.165, 1.54) is 50.4 Å². The molecule has 8 amide bonds. The van der Waals surface area contributed by atoms with Crippen molar-refractivity contribution in [3.8, 4) is 10.7 Å². The molecule has 4 aromatic heterocycles. The Morgan fingerprint density at radius 2 is 1.47 bits per heavy atom. The number of nitrogens with one attached hydrogen (secondary N) is 7. The zero-order valence-corrected chi connectivity index (χ0v) is 55.3. The zero-order valence-electron chi connectivity index (χ0n) is 52.9. The Hall–Kier alpha value is -7.30. The lowest BCUT2D eigenvalue weighted by atomic mass is 9.96. The molecule has 532 valence electrons. The minimum absolute atomic E-state index is 0.00498. The van der Waals surface area contributed by atoms with Crippen molar-refractivity contribution >= 4 is 86.8 Å². The van der Waals surface area contributed by atoms with Gasteiger partial charge in [-0.2, -0.15) is 0 Å². The SMILES string of the molecule is Cc1c(N)nc(C(CC(N)=O)NCC(N)C(N)=O)nc1C(=O)NC(C(=O)NC(C)C(O)C(C)C(=O)NC(C(=O)NCCc1nc(-c2nc(C(=O)NCCC[S+](C)C)cs2)cs1)C(C)O)C(O[C@H]1O[C@H](CO)[C@H](O)C(O)[C@H]1OC1O[C@H](CO)[C@@H](O)[C@H](OC(N)=O)C1O)c1cnc[nH]1. The van der Waals surface area contributed by atoms with Crippen molar-refractivity contribution in [3.05, 3.63) is 56.8 Å². The standard InChI is InChI=1S/C55H83N17O21S3/c1-20-33(69-46(72-44(20)58)25(12-31(57)76)64-13-24(56)45(59)82)50(86)71-35(41(26-14-61-19-65-26)91-54-43(39(80)37(78)29(15-73)90-54)92-53-40(81)42(93-55(60)88)38(79)30(16-74)89-53)51(87)66-22(3)36(77)21(2)47(83)70-34(23(4)75)49(85)63-10-8-32-67-28(18-94-32)52-68-27(17-95-52)48(84)62-9-7-11-96(5)6/h14,17-19,21-25,29-30,34-43,53-54,64,73-75,77-81H,7-13,15-16,56H2,1-6H3,(H13-,57,58,59,60,61,62,63,65,66,69,70,71,72,76,82,83,84,85,86,87,88)/p+1/t21?,22?,23?,24?,25?,29-,30-,34?,35?,36?,37+,38-,39?,40?,41?,42+,43-,53?,54-/m1/s1. The third kappa shape index (κ3) is 20.6. The van der Waals surface area contributed by atoms with Gasteiger partial charge in [0.15, 0.2) is 18.7 Å². The lowest BCUT2D eigenvalue weighted by molar-refractivity contribution is -0.372. The second-order valence-corrected chi connectivity index (χ2v) is 27.0. The molecule has 0 radical (unpaired) electrons. The highest BCUT2D eigenvalue weighted by Crippen LogP contribution is 2.35. The molecule has 2 aliphatic heterocycles. The lowest BCUT2D eigenvalue weighted by Crippen LogP contribution is -2.65.